The Balaban J connectivity index is 1.57. The Morgan fingerprint density at radius 1 is 1.09 bits per heavy atom. The average Bonchev–Trinajstić information content (AvgIpc) is 2.82. The maximum atomic E-state index is 12.6. The third-order valence-corrected chi connectivity index (χ3v) is 7.48. The molecule has 8 nitrogen and oxygen atoms in total. The fourth-order valence-corrected chi connectivity index (χ4v) is 5.02. The molecule has 1 aliphatic rings. The first-order valence-corrected chi connectivity index (χ1v) is 13.1. The monoisotopic (exact) mass is 507 g/mol. The number of carbonyl (C=O) groups is 2. The molecule has 0 aromatic heterocycles. The Kier molecular flexibility index (Phi) is 8.79. The number of benzene rings is 2. The summed E-state index contributed by atoms with van der Waals surface area (Å²) in [5, 5.41) is 6.02. The van der Waals surface area contributed by atoms with E-state index >= 15 is 0 Å². The van der Waals surface area contributed by atoms with E-state index < -0.39 is 16.1 Å². The zero-order valence-electron chi connectivity index (χ0n) is 19.3. The highest BCUT2D eigenvalue weighted by Gasteiger charge is 2.21. The molecule has 34 heavy (non-hydrogen) atoms. The van der Waals surface area contributed by atoms with Crippen LogP contribution in [0.15, 0.2) is 47.4 Å². The van der Waals surface area contributed by atoms with Gasteiger partial charge in [-0.3, -0.25) is 4.79 Å². The first-order valence-electron chi connectivity index (χ1n) is 11.2. The second-order valence-corrected chi connectivity index (χ2v) is 10.6. The van der Waals surface area contributed by atoms with Crippen molar-refractivity contribution >= 4 is 33.6 Å². The minimum Gasteiger partial charge on any atom is -0.496 e. The van der Waals surface area contributed by atoms with Crippen molar-refractivity contribution < 1.29 is 22.7 Å². The predicted octanol–water partition coefficient (Wildman–Crippen LogP) is 4.20. The molecule has 0 saturated heterocycles. The molecule has 3 rings (SSSR count). The molecule has 2 aromatic carbocycles. The van der Waals surface area contributed by atoms with Gasteiger partial charge >= 0.3 is 6.03 Å². The topological polar surface area (TPSA) is 114 Å². The van der Waals surface area contributed by atoms with Gasteiger partial charge in [-0.05, 0) is 54.7 Å². The van der Waals surface area contributed by atoms with Crippen molar-refractivity contribution in [3.63, 3.8) is 0 Å². The Labute approximate surface area is 205 Å². The molecule has 0 aliphatic heterocycles. The van der Waals surface area contributed by atoms with Gasteiger partial charge in [-0.25, -0.2) is 17.9 Å². The number of halogens is 1. The van der Waals surface area contributed by atoms with Gasteiger partial charge in [0.1, 0.15) is 5.75 Å². The van der Waals surface area contributed by atoms with Gasteiger partial charge in [-0.1, -0.05) is 49.9 Å². The maximum Gasteiger partial charge on any atom is 0.328 e. The number of ether oxygens (including phenoxy) is 1. The van der Waals surface area contributed by atoms with E-state index in [0.29, 0.717) is 22.9 Å². The number of sulfonamides is 1. The van der Waals surface area contributed by atoms with Crippen molar-refractivity contribution in [1.29, 1.82) is 0 Å². The molecule has 3 N–H and O–H groups in total. The Hall–Kier alpha value is -2.78. The molecule has 0 radical (unpaired) electrons. The minimum atomic E-state index is -3.98. The normalized spacial score (nSPS) is 15.3. The molecule has 184 valence electrons. The van der Waals surface area contributed by atoms with Gasteiger partial charge in [-0.2, -0.15) is 0 Å². The van der Waals surface area contributed by atoms with Crippen LogP contribution in [0.3, 0.4) is 0 Å². The zero-order valence-corrected chi connectivity index (χ0v) is 20.8. The van der Waals surface area contributed by atoms with Crippen molar-refractivity contribution in [2.75, 3.05) is 13.7 Å². The Morgan fingerprint density at radius 3 is 2.41 bits per heavy atom. The van der Waals surface area contributed by atoms with Gasteiger partial charge in [0.2, 0.25) is 0 Å². The summed E-state index contributed by atoms with van der Waals surface area (Å²) in [5.74, 6) is 0.0103. The third-order valence-electron chi connectivity index (χ3n) is 5.90. The standard InChI is InChI=1S/C24H30ClN3O5S/c1-16(15-26-23(29)21-14-18(25)10-13-22(21)33-2)17-8-11-20(12-9-17)34(31,32)28-24(30)27-19-6-4-3-5-7-19/h8-14,16,19H,3-7,15H2,1-2H3,(H,26,29)(H2,27,28,30)/t16-/m0/s1. The van der Waals surface area contributed by atoms with Gasteiger partial charge in [-0.15, -0.1) is 0 Å². The van der Waals surface area contributed by atoms with Gasteiger partial charge in [0.05, 0.1) is 17.6 Å². The molecule has 0 unspecified atom stereocenters. The molecule has 1 aliphatic carbocycles. The molecular formula is C24H30ClN3O5S. The zero-order chi connectivity index (χ0) is 24.7. The van der Waals surface area contributed by atoms with Gasteiger partial charge in [0.15, 0.2) is 0 Å². The third kappa shape index (κ3) is 6.87. The lowest BCUT2D eigenvalue weighted by molar-refractivity contribution is 0.0948. The molecule has 0 bridgehead atoms. The van der Waals surface area contributed by atoms with E-state index in [9.17, 15) is 18.0 Å². The first kappa shape index (κ1) is 25.8. The van der Waals surface area contributed by atoms with E-state index in [4.69, 9.17) is 16.3 Å². The molecule has 1 fully saturated rings. The van der Waals surface area contributed by atoms with E-state index in [2.05, 4.69) is 15.4 Å². The molecule has 3 amide bonds. The van der Waals surface area contributed by atoms with Crippen LogP contribution in [0, 0.1) is 0 Å². The van der Waals surface area contributed by atoms with E-state index in [1.165, 1.54) is 25.3 Å². The van der Waals surface area contributed by atoms with Crippen molar-refractivity contribution in [3.8, 4) is 5.75 Å². The van der Waals surface area contributed by atoms with Gasteiger partial charge < -0.3 is 15.4 Å². The summed E-state index contributed by atoms with van der Waals surface area (Å²) >= 11 is 5.99. The van der Waals surface area contributed by atoms with Crippen molar-refractivity contribution in [2.45, 2.75) is 55.9 Å². The minimum absolute atomic E-state index is 0.00468. The number of carbonyl (C=O) groups excluding carboxylic acids is 2. The van der Waals surface area contributed by atoms with E-state index in [1.807, 2.05) is 6.92 Å². The summed E-state index contributed by atoms with van der Waals surface area (Å²) in [4.78, 5) is 24.7. The molecule has 1 saturated carbocycles. The molecule has 2 aromatic rings. The predicted molar refractivity (Wildman–Crippen MR) is 131 cm³/mol. The quantitative estimate of drug-likeness (QED) is 0.495. The lowest BCUT2D eigenvalue weighted by Crippen LogP contribution is -2.45. The van der Waals surface area contributed by atoms with Crippen molar-refractivity contribution in [3.05, 3.63) is 58.6 Å². The lowest BCUT2D eigenvalue weighted by Gasteiger charge is -2.22. The van der Waals surface area contributed by atoms with E-state index in [-0.39, 0.29) is 22.8 Å². The van der Waals surface area contributed by atoms with E-state index in [0.717, 1.165) is 37.7 Å². The molecular weight excluding hydrogens is 478 g/mol. The first-order chi connectivity index (χ1) is 16.2. The van der Waals surface area contributed by atoms with Crippen LogP contribution in [0.4, 0.5) is 4.79 Å². The largest absolute Gasteiger partial charge is 0.496 e. The number of rotatable bonds is 8. The number of hydrogen-bond acceptors (Lipinski definition) is 5. The maximum absolute atomic E-state index is 12.6. The van der Waals surface area contributed by atoms with Crippen LogP contribution >= 0.6 is 11.6 Å². The number of nitrogens with one attached hydrogen (secondary N) is 3. The highest BCUT2D eigenvalue weighted by atomic mass is 35.5. The van der Waals surface area contributed by atoms with Crippen LogP contribution < -0.4 is 20.1 Å². The van der Waals surface area contributed by atoms with Crippen LogP contribution in [0.5, 0.6) is 5.75 Å². The van der Waals surface area contributed by atoms with E-state index in [1.54, 1.807) is 24.3 Å². The van der Waals surface area contributed by atoms with Crippen LogP contribution in [-0.2, 0) is 10.0 Å². The summed E-state index contributed by atoms with van der Waals surface area (Å²) in [6.07, 6.45) is 4.93. The second kappa shape index (κ2) is 11.6. The number of amides is 3. The summed E-state index contributed by atoms with van der Waals surface area (Å²) in [5.41, 5.74) is 1.17. The second-order valence-electron chi connectivity index (χ2n) is 8.44. The summed E-state index contributed by atoms with van der Waals surface area (Å²) in [6.45, 7) is 2.23. The number of urea groups is 1. The van der Waals surface area contributed by atoms with Crippen LogP contribution in [0.25, 0.3) is 0 Å². The number of hydrogen-bond donors (Lipinski definition) is 3. The fraction of sp³-hybridized carbons (Fsp3) is 0.417. The van der Waals surface area contributed by atoms with Crippen molar-refractivity contribution in [2.24, 2.45) is 0 Å². The fourth-order valence-electron chi connectivity index (χ4n) is 3.93. The molecule has 0 spiro atoms. The average molecular weight is 508 g/mol. The Bertz CT molecular complexity index is 1120. The van der Waals surface area contributed by atoms with Crippen molar-refractivity contribution in [1.82, 2.24) is 15.4 Å². The molecule has 1 atom stereocenters. The summed E-state index contributed by atoms with van der Waals surface area (Å²) in [6, 6.07) is 10.4. The van der Waals surface area contributed by atoms with Crippen LogP contribution in [-0.4, -0.2) is 40.1 Å². The highest BCUT2D eigenvalue weighted by Crippen LogP contribution is 2.23. The van der Waals surface area contributed by atoms with Crippen LogP contribution in [0.1, 0.15) is 60.9 Å². The summed E-state index contributed by atoms with van der Waals surface area (Å²) in [7, 11) is -2.51. The SMILES string of the molecule is COc1ccc(Cl)cc1C(=O)NC[C@H](C)c1ccc(S(=O)(=O)NC(=O)NC2CCCCC2)cc1. The molecule has 0 heterocycles. The number of methoxy groups -OCH3 is 1. The Morgan fingerprint density at radius 2 is 1.76 bits per heavy atom. The highest BCUT2D eigenvalue weighted by molar-refractivity contribution is 7.90. The smallest absolute Gasteiger partial charge is 0.328 e. The van der Waals surface area contributed by atoms with Crippen LogP contribution in [0.2, 0.25) is 5.02 Å². The summed E-state index contributed by atoms with van der Waals surface area (Å²) < 4.78 is 32.4. The molecule has 10 heteroatoms. The lowest BCUT2D eigenvalue weighted by atomic mass is 9.96. The van der Waals surface area contributed by atoms with Gasteiger partial charge in [0, 0.05) is 17.6 Å². The van der Waals surface area contributed by atoms with Gasteiger partial charge in [0.25, 0.3) is 15.9 Å².